The van der Waals surface area contributed by atoms with Crippen LogP contribution in [0.4, 0.5) is 13.2 Å². The Morgan fingerprint density at radius 1 is 1.22 bits per heavy atom. The first-order chi connectivity index (χ1) is 8.39. The molecule has 96 valence electrons. The number of rotatable bonds is 2. The summed E-state index contributed by atoms with van der Waals surface area (Å²) in [6.07, 6.45) is -3.15. The van der Waals surface area contributed by atoms with Crippen LogP contribution in [0.1, 0.15) is 24.2 Å². The van der Waals surface area contributed by atoms with Crippen LogP contribution in [0.2, 0.25) is 0 Å². The van der Waals surface area contributed by atoms with Gasteiger partial charge in [-0.3, -0.25) is 0 Å². The maximum absolute atomic E-state index is 12.5. The maximum atomic E-state index is 12.5. The number of hydrogen-bond acceptors (Lipinski definition) is 2. The standard InChI is InChI=1S/C12H12F3N3/c1-8(16)9-4-2-3-5-10(9)18-7-6-11(17-18)12(13,14)15/h2-8H,16H2,1H3/t8-/m1/s1. The number of nitrogens with two attached hydrogens (primary N) is 1. The molecular formula is C12H12F3N3. The molecule has 0 aliphatic heterocycles. The Bertz CT molecular complexity index is 543. The number of aromatic nitrogens is 2. The van der Waals surface area contributed by atoms with Gasteiger partial charge in [0.2, 0.25) is 0 Å². The average Bonchev–Trinajstić information content (AvgIpc) is 2.77. The lowest BCUT2D eigenvalue weighted by atomic mass is 10.1. The van der Waals surface area contributed by atoms with E-state index < -0.39 is 11.9 Å². The van der Waals surface area contributed by atoms with Gasteiger partial charge in [0, 0.05) is 12.2 Å². The Hall–Kier alpha value is -1.82. The van der Waals surface area contributed by atoms with Crippen molar-refractivity contribution in [2.45, 2.75) is 19.1 Å². The second-order valence-electron chi connectivity index (χ2n) is 3.99. The van der Waals surface area contributed by atoms with Gasteiger partial charge in [0.1, 0.15) is 0 Å². The van der Waals surface area contributed by atoms with E-state index >= 15 is 0 Å². The highest BCUT2D eigenvalue weighted by molar-refractivity contribution is 5.42. The van der Waals surface area contributed by atoms with Gasteiger partial charge in [-0.25, -0.2) is 4.68 Å². The lowest BCUT2D eigenvalue weighted by Gasteiger charge is -2.12. The van der Waals surface area contributed by atoms with Crippen LogP contribution >= 0.6 is 0 Å². The molecule has 2 N–H and O–H groups in total. The van der Waals surface area contributed by atoms with Crippen LogP contribution in [0.5, 0.6) is 0 Å². The minimum atomic E-state index is -4.44. The average molecular weight is 255 g/mol. The number of halogens is 3. The summed E-state index contributed by atoms with van der Waals surface area (Å²) in [6.45, 7) is 1.77. The second-order valence-corrected chi connectivity index (χ2v) is 3.99. The summed E-state index contributed by atoms with van der Waals surface area (Å²) in [5, 5.41) is 3.53. The van der Waals surface area contributed by atoms with E-state index in [9.17, 15) is 13.2 Å². The van der Waals surface area contributed by atoms with Gasteiger partial charge >= 0.3 is 6.18 Å². The molecule has 2 aromatic rings. The Kier molecular flexibility index (Phi) is 3.13. The zero-order valence-electron chi connectivity index (χ0n) is 9.65. The maximum Gasteiger partial charge on any atom is 0.435 e. The lowest BCUT2D eigenvalue weighted by molar-refractivity contribution is -0.141. The third-order valence-corrected chi connectivity index (χ3v) is 2.55. The van der Waals surface area contributed by atoms with Crippen LogP contribution in [-0.4, -0.2) is 9.78 Å². The third-order valence-electron chi connectivity index (χ3n) is 2.55. The number of alkyl halides is 3. The van der Waals surface area contributed by atoms with Gasteiger partial charge < -0.3 is 5.73 Å². The van der Waals surface area contributed by atoms with E-state index in [1.165, 1.54) is 10.9 Å². The van der Waals surface area contributed by atoms with Crippen molar-refractivity contribution < 1.29 is 13.2 Å². The summed E-state index contributed by atoms with van der Waals surface area (Å²) in [4.78, 5) is 0. The van der Waals surface area contributed by atoms with Gasteiger partial charge in [-0.05, 0) is 24.6 Å². The minimum absolute atomic E-state index is 0.278. The van der Waals surface area contributed by atoms with Gasteiger partial charge in [0.05, 0.1) is 5.69 Å². The first kappa shape index (κ1) is 12.6. The van der Waals surface area contributed by atoms with E-state index in [-0.39, 0.29) is 6.04 Å². The van der Waals surface area contributed by atoms with Crippen LogP contribution < -0.4 is 5.73 Å². The normalized spacial score (nSPS) is 13.6. The fraction of sp³-hybridized carbons (Fsp3) is 0.250. The van der Waals surface area contributed by atoms with E-state index in [1.807, 2.05) is 0 Å². The Balaban J connectivity index is 2.47. The summed E-state index contributed by atoms with van der Waals surface area (Å²) in [6, 6.07) is 7.64. The first-order valence-corrected chi connectivity index (χ1v) is 5.37. The van der Waals surface area contributed by atoms with Gasteiger partial charge in [0.15, 0.2) is 5.69 Å². The predicted molar refractivity (Wildman–Crippen MR) is 61.2 cm³/mol. The molecule has 0 saturated heterocycles. The van der Waals surface area contributed by atoms with Crippen molar-refractivity contribution in [1.82, 2.24) is 9.78 Å². The highest BCUT2D eigenvalue weighted by atomic mass is 19.4. The molecule has 0 bridgehead atoms. The van der Waals surface area contributed by atoms with Crippen LogP contribution in [0.25, 0.3) is 5.69 Å². The molecule has 18 heavy (non-hydrogen) atoms. The van der Waals surface area contributed by atoms with Crippen molar-refractivity contribution in [1.29, 1.82) is 0 Å². The predicted octanol–water partition coefficient (Wildman–Crippen LogP) is 2.91. The molecule has 0 saturated carbocycles. The molecule has 6 heteroatoms. The number of nitrogens with zero attached hydrogens (tertiary/aromatic N) is 2. The SMILES string of the molecule is C[C@@H](N)c1ccccc1-n1ccc(C(F)(F)F)n1. The minimum Gasteiger partial charge on any atom is -0.324 e. The molecule has 0 aliphatic carbocycles. The molecule has 0 radical (unpaired) electrons. The van der Waals surface area contributed by atoms with Crippen molar-refractivity contribution in [3.63, 3.8) is 0 Å². The zero-order valence-corrected chi connectivity index (χ0v) is 9.65. The molecule has 0 amide bonds. The van der Waals surface area contributed by atoms with Crippen LogP contribution in [0, 0.1) is 0 Å². The summed E-state index contributed by atoms with van der Waals surface area (Å²) >= 11 is 0. The van der Waals surface area contributed by atoms with Gasteiger partial charge in [-0.15, -0.1) is 0 Å². The van der Waals surface area contributed by atoms with E-state index in [4.69, 9.17) is 5.73 Å². The molecule has 1 aromatic heterocycles. The van der Waals surface area contributed by atoms with Crippen molar-refractivity contribution in [3.05, 3.63) is 47.8 Å². The molecular weight excluding hydrogens is 243 g/mol. The van der Waals surface area contributed by atoms with Crippen molar-refractivity contribution in [2.75, 3.05) is 0 Å². The quantitative estimate of drug-likeness (QED) is 0.896. The molecule has 0 spiro atoms. The smallest absolute Gasteiger partial charge is 0.324 e. The second kappa shape index (κ2) is 4.45. The summed E-state index contributed by atoms with van der Waals surface area (Å²) < 4.78 is 38.6. The van der Waals surface area contributed by atoms with E-state index in [0.717, 1.165) is 11.6 Å². The number of para-hydroxylation sites is 1. The van der Waals surface area contributed by atoms with E-state index in [2.05, 4.69) is 5.10 Å². The third kappa shape index (κ3) is 2.38. The molecule has 1 heterocycles. The van der Waals surface area contributed by atoms with Crippen LogP contribution in [0.15, 0.2) is 36.5 Å². The fourth-order valence-electron chi connectivity index (χ4n) is 1.69. The first-order valence-electron chi connectivity index (χ1n) is 5.37. The Morgan fingerprint density at radius 3 is 2.44 bits per heavy atom. The van der Waals surface area contributed by atoms with Gasteiger partial charge in [-0.1, -0.05) is 18.2 Å². The summed E-state index contributed by atoms with van der Waals surface area (Å²) in [5.41, 5.74) is 6.17. The number of benzene rings is 1. The molecule has 2 rings (SSSR count). The Morgan fingerprint density at radius 2 is 1.89 bits per heavy atom. The molecule has 1 aromatic carbocycles. The van der Waals surface area contributed by atoms with Crippen molar-refractivity contribution in [2.24, 2.45) is 5.73 Å². The Labute approximate surface area is 102 Å². The highest BCUT2D eigenvalue weighted by Gasteiger charge is 2.33. The van der Waals surface area contributed by atoms with Crippen molar-refractivity contribution in [3.8, 4) is 5.69 Å². The fourth-order valence-corrected chi connectivity index (χ4v) is 1.69. The van der Waals surface area contributed by atoms with Crippen LogP contribution in [-0.2, 0) is 6.18 Å². The molecule has 3 nitrogen and oxygen atoms in total. The zero-order chi connectivity index (χ0) is 13.3. The number of hydrogen-bond donors (Lipinski definition) is 1. The topological polar surface area (TPSA) is 43.8 Å². The van der Waals surface area contributed by atoms with Gasteiger partial charge in [-0.2, -0.15) is 18.3 Å². The molecule has 0 fully saturated rings. The van der Waals surface area contributed by atoms with E-state index in [0.29, 0.717) is 5.69 Å². The summed E-state index contributed by atoms with van der Waals surface area (Å²) in [7, 11) is 0. The highest BCUT2D eigenvalue weighted by Crippen LogP contribution is 2.28. The van der Waals surface area contributed by atoms with Crippen LogP contribution in [0.3, 0.4) is 0 Å². The summed E-state index contributed by atoms with van der Waals surface area (Å²) in [5.74, 6) is 0. The largest absolute Gasteiger partial charge is 0.435 e. The monoisotopic (exact) mass is 255 g/mol. The van der Waals surface area contributed by atoms with Gasteiger partial charge in [0.25, 0.3) is 0 Å². The van der Waals surface area contributed by atoms with E-state index in [1.54, 1.807) is 31.2 Å². The molecule has 0 aliphatic rings. The molecule has 0 unspecified atom stereocenters. The molecule has 1 atom stereocenters. The lowest BCUT2D eigenvalue weighted by Crippen LogP contribution is -2.11. The van der Waals surface area contributed by atoms with Crippen molar-refractivity contribution >= 4 is 0 Å².